The molecule has 3 saturated heterocycles. The number of carbonyl (C=O) groups excluding carboxylic acids is 4. The number of carbonyl (C=O) groups is 4. The predicted molar refractivity (Wildman–Crippen MR) is 222 cm³/mol. The van der Waals surface area contributed by atoms with Crippen LogP contribution in [0.5, 0.6) is 5.75 Å². The van der Waals surface area contributed by atoms with E-state index in [-0.39, 0.29) is 54.5 Å². The van der Waals surface area contributed by atoms with Gasteiger partial charge in [0, 0.05) is 70.4 Å². The van der Waals surface area contributed by atoms with E-state index in [9.17, 15) is 24.0 Å². The van der Waals surface area contributed by atoms with Crippen LogP contribution in [0.1, 0.15) is 54.9 Å². The highest BCUT2D eigenvalue weighted by Crippen LogP contribution is 2.32. The molecule has 18 heteroatoms. The van der Waals surface area contributed by atoms with Gasteiger partial charge in [0.05, 0.1) is 29.1 Å². The van der Waals surface area contributed by atoms with Crippen molar-refractivity contribution in [2.75, 3.05) is 56.6 Å². The van der Waals surface area contributed by atoms with E-state index in [1.807, 2.05) is 36.7 Å². The monoisotopic (exact) mass is 823 g/mol. The van der Waals surface area contributed by atoms with Crippen LogP contribution >= 0.6 is 11.6 Å². The third-order valence-electron chi connectivity index (χ3n) is 11.6. The van der Waals surface area contributed by atoms with Crippen molar-refractivity contribution in [1.82, 2.24) is 44.9 Å². The summed E-state index contributed by atoms with van der Waals surface area (Å²) in [7, 11) is 3.16. The number of pyridine rings is 1. The Hall–Kier alpha value is -6.07. The summed E-state index contributed by atoms with van der Waals surface area (Å²) in [5.41, 5.74) is 2.97. The van der Waals surface area contributed by atoms with Gasteiger partial charge in [0.25, 0.3) is 17.4 Å². The summed E-state index contributed by atoms with van der Waals surface area (Å²) in [5.74, 6) is 0.176. The van der Waals surface area contributed by atoms with Gasteiger partial charge in [0.2, 0.25) is 17.8 Å². The number of amides is 4. The van der Waals surface area contributed by atoms with Gasteiger partial charge in [-0.1, -0.05) is 17.7 Å². The largest absolute Gasteiger partial charge is 0.478 e. The maximum Gasteiger partial charge on any atom is 0.293 e. The summed E-state index contributed by atoms with van der Waals surface area (Å²) in [6.45, 7) is 4.34. The number of anilines is 3. The molecule has 3 aliphatic heterocycles. The Morgan fingerprint density at radius 3 is 2.53 bits per heavy atom. The minimum absolute atomic E-state index is 0.0773. The van der Waals surface area contributed by atoms with Crippen LogP contribution in [0.15, 0.2) is 59.8 Å². The van der Waals surface area contributed by atoms with E-state index in [0.29, 0.717) is 45.0 Å². The number of imide groups is 1. The number of hydrogen-bond acceptors (Lipinski definition) is 12. The summed E-state index contributed by atoms with van der Waals surface area (Å²) >= 11 is 6.57. The van der Waals surface area contributed by atoms with Crippen molar-refractivity contribution >= 4 is 74.6 Å². The molecule has 8 rings (SSSR count). The van der Waals surface area contributed by atoms with Crippen LogP contribution in [0.2, 0.25) is 5.02 Å². The Labute approximate surface area is 344 Å². The van der Waals surface area contributed by atoms with Crippen molar-refractivity contribution in [3.8, 4) is 5.75 Å². The molecule has 0 radical (unpaired) electrons. The van der Waals surface area contributed by atoms with E-state index in [0.717, 1.165) is 69.3 Å². The lowest BCUT2D eigenvalue weighted by Gasteiger charge is -2.38. The van der Waals surface area contributed by atoms with Gasteiger partial charge in [-0.15, -0.1) is 0 Å². The van der Waals surface area contributed by atoms with Crippen LogP contribution < -0.4 is 36.5 Å². The van der Waals surface area contributed by atoms with Crippen molar-refractivity contribution in [3.05, 3.63) is 75.9 Å². The van der Waals surface area contributed by atoms with Gasteiger partial charge >= 0.3 is 0 Å². The van der Waals surface area contributed by atoms with E-state index >= 15 is 0 Å². The first kappa shape index (κ1) is 39.7. The van der Waals surface area contributed by atoms with Gasteiger partial charge in [-0.3, -0.25) is 29.3 Å². The second kappa shape index (κ2) is 17.0. The second-order valence-corrected chi connectivity index (χ2v) is 15.8. The number of aryl methyl sites for hydroxylation is 1. The molecule has 0 bridgehead atoms. The van der Waals surface area contributed by atoms with E-state index < -0.39 is 11.9 Å². The van der Waals surface area contributed by atoms with Crippen molar-refractivity contribution in [3.63, 3.8) is 0 Å². The van der Waals surface area contributed by atoms with Gasteiger partial charge in [-0.05, 0) is 74.4 Å². The molecule has 1 atom stereocenters. The highest BCUT2D eigenvalue weighted by atomic mass is 35.5. The molecule has 308 valence electrons. The SMILES string of the molecule is CNC(=O)COc1cc2cc(Nc3nc(N4CCC(CN5CCC(n6cnc7c(C(=O)NC8CCC(=O)NC8=O)cccc76)CC5)CC4)ncc3Cl)ccc2n(C)c1=O. The Balaban J connectivity index is 0.843. The van der Waals surface area contributed by atoms with Crippen molar-refractivity contribution in [2.24, 2.45) is 13.0 Å². The number of ether oxygens (including phenoxy) is 1. The van der Waals surface area contributed by atoms with Crippen LogP contribution in [0.4, 0.5) is 17.5 Å². The molecule has 3 aliphatic rings. The van der Waals surface area contributed by atoms with Gasteiger partial charge in [0.1, 0.15) is 16.6 Å². The van der Waals surface area contributed by atoms with Gasteiger partial charge < -0.3 is 39.6 Å². The number of halogens is 1. The molecule has 2 aromatic carbocycles. The molecule has 17 nitrogen and oxygen atoms in total. The lowest BCUT2D eigenvalue weighted by Crippen LogP contribution is -2.52. The first-order valence-electron chi connectivity index (χ1n) is 19.9. The number of para-hydroxylation sites is 1. The number of rotatable bonds is 11. The number of benzene rings is 2. The molecule has 5 aromatic rings. The maximum atomic E-state index is 13.2. The Kier molecular flexibility index (Phi) is 11.5. The zero-order valence-corrected chi connectivity index (χ0v) is 33.6. The van der Waals surface area contributed by atoms with E-state index in [4.69, 9.17) is 21.3 Å². The summed E-state index contributed by atoms with van der Waals surface area (Å²) in [6, 6.07) is 12.2. The summed E-state index contributed by atoms with van der Waals surface area (Å²) in [6.07, 6.45) is 7.85. The number of piperidine rings is 3. The van der Waals surface area contributed by atoms with Gasteiger partial charge in [-0.25, -0.2) is 9.97 Å². The molecule has 0 spiro atoms. The number of imidazole rings is 1. The number of fused-ring (bicyclic) bond motifs is 2. The molecule has 1 unspecified atom stereocenters. The number of likely N-dealkylation sites (tertiary alicyclic amines) is 1. The number of aromatic nitrogens is 5. The third-order valence-corrected chi connectivity index (χ3v) is 11.9. The van der Waals surface area contributed by atoms with E-state index in [1.165, 1.54) is 11.6 Å². The molecule has 59 heavy (non-hydrogen) atoms. The standard InChI is InChI=1S/C41H46ClN11O6/c1-43-35(55)22-59-33-19-25-18-26(6-8-31(25)50(2)40(33)58)46-37-29(42)20-44-41(49-37)52-16-10-24(11-17-52)21-51-14-12-27(13-15-51)53-23-45-36-28(4-3-5-32(36)53)38(56)47-30-7-9-34(54)48-39(30)57/h3-6,8,18-20,23-24,27,30H,7,9-17,21-22H2,1-2H3,(H,43,55)(H,47,56)(H,44,46,49)(H,48,54,57). The lowest BCUT2D eigenvalue weighted by atomic mass is 9.95. The second-order valence-electron chi connectivity index (χ2n) is 15.4. The number of likely N-dealkylation sites (N-methyl/N-ethyl adjacent to an activating group) is 1. The first-order chi connectivity index (χ1) is 28.5. The van der Waals surface area contributed by atoms with Gasteiger partial charge in [0.15, 0.2) is 18.2 Å². The maximum absolute atomic E-state index is 13.2. The van der Waals surface area contributed by atoms with Crippen molar-refractivity contribution in [1.29, 1.82) is 0 Å². The fourth-order valence-electron chi connectivity index (χ4n) is 8.24. The molecule has 3 aromatic heterocycles. The molecule has 0 saturated carbocycles. The normalized spacial score (nSPS) is 18.2. The number of nitrogens with zero attached hydrogens (tertiary/aromatic N) is 7. The smallest absolute Gasteiger partial charge is 0.293 e. The zero-order chi connectivity index (χ0) is 41.2. The van der Waals surface area contributed by atoms with Crippen molar-refractivity contribution in [2.45, 2.75) is 50.6 Å². The van der Waals surface area contributed by atoms with Crippen LogP contribution in [-0.2, 0) is 21.4 Å². The summed E-state index contributed by atoms with van der Waals surface area (Å²) in [4.78, 5) is 80.2. The minimum atomic E-state index is -0.750. The van der Waals surface area contributed by atoms with Crippen LogP contribution in [0.25, 0.3) is 21.9 Å². The predicted octanol–water partition coefficient (Wildman–Crippen LogP) is 3.29. The average Bonchev–Trinajstić information content (AvgIpc) is 3.68. The average molecular weight is 824 g/mol. The number of hydrogen-bond donors (Lipinski definition) is 4. The lowest BCUT2D eigenvalue weighted by molar-refractivity contribution is -0.134. The minimum Gasteiger partial charge on any atom is -0.478 e. The van der Waals surface area contributed by atoms with Crippen LogP contribution in [-0.4, -0.2) is 105 Å². The molecule has 0 aliphatic carbocycles. The highest BCUT2D eigenvalue weighted by Gasteiger charge is 2.30. The van der Waals surface area contributed by atoms with E-state index in [2.05, 4.69) is 45.6 Å². The Morgan fingerprint density at radius 1 is 0.966 bits per heavy atom. The van der Waals surface area contributed by atoms with Crippen molar-refractivity contribution < 1.29 is 23.9 Å². The molecular formula is C41H46ClN11O6. The molecule has 4 N–H and O–H groups in total. The van der Waals surface area contributed by atoms with Crippen LogP contribution in [0, 0.1) is 5.92 Å². The highest BCUT2D eigenvalue weighted by molar-refractivity contribution is 6.33. The van der Waals surface area contributed by atoms with Gasteiger partial charge in [-0.2, -0.15) is 4.98 Å². The topological polar surface area (TPSA) is 198 Å². The fraction of sp³-hybridized carbons (Fsp3) is 0.415. The van der Waals surface area contributed by atoms with Crippen LogP contribution in [0.3, 0.4) is 0 Å². The zero-order valence-electron chi connectivity index (χ0n) is 32.9. The Bertz CT molecular complexity index is 2490. The molecule has 4 amide bonds. The quantitative estimate of drug-likeness (QED) is 0.142. The molecular weight excluding hydrogens is 778 g/mol. The Morgan fingerprint density at radius 2 is 1.76 bits per heavy atom. The molecule has 3 fully saturated rings. The fourth-order valence-corrected chi connectivity index (χ4v) is 8.38. The van der Waals surface area contributed by atoms with E-state index in [1.54, 1.807) is 25.4 Å². The third kappa shape index (κ3) is 8.57. The molecule has 6 heterocycles. The first-order valence-corrected chi connectivity index (χ1v) is 20.3. The summed E-state index contributed by atoms with van der Waals surface area (Å²) < 4.78 is 9.17. The summed E-state index contributed by atoms with van der Waals surface area (Å²) in [5, 5.41) is 12.0. The number of nitrogens with one attached hydrogen (secondary N) is 4.